The lowest BCUT2D eigenvalue weighted by atomic mass is 10.0. The molecule has 1 aromatic heterocycles. The van der Waals surface area contributed by atoms with E-state index in [9.17, 15) is 19.2 Å². The first-order valence-corrected chi connectivity index (χ1v) is 15.2. The van der Waals surface area contributed by atoms with Crippen molar-refractivity contribution in [3.63, 3.8) is 0 Å². The number of nitrogens with one attached hydrogen (secondary N) is 3. The van der Waals surface area contributed by atoms with E-state index in [1.807, 2.05) is 54.6 Å². The van der Waals surface area contributed by atoms with Crippen LogP contribution in [0.3, 0.4) is 0 Å². The molecule has 1 heterocycles. The van der Waals surface area contributed by atoms with Crippen molar-refractivity contribution in [2.24, 2.45) is 22.9 Å². The van der Waals surface area contributed by atoms with Crippen molar-refractivity contribution in [2.75, 3.05) is 38.0 Å². The molecule has 0 bridgehead atoms. The minimum absolute atomic E-state index is 0.199. The zero-order valence-electron chi connectivity index (χ0n) is 25.5. The van der Waals surface area contributed by atoms with Crippen LogP contribution in [0.25, 0.3) is 10.9 Å². The summed E-state index contributed by atoms with van der Waals surface area (Å²) in [5.74, 6) is -2.20. The Bertz CT molecular complexity index is 1400. The van der Waals surface area contributed by atoms with E-state index in [0.717, 1.165) is 16.5 Å². The first-order chi connectivity index (χ1) is 21.7. The number of nitrogens with two attached hydrogens (primary N) is 4. The molecule has 13 heteroatoms. The number of rotatable bonds is 18. The third kappa shape index (κ3) is 11.2. The maximum atomic E-state index is 13.7. The van der Waals surface area contributed by atoms with Crippen LogP contribution >= 0.6 is 0 Å². The second kappa shape index (κ2) is 18.4. The number of benzene rings is 2. The van der Waals surface area contributed by atoms with Crippen molar-refractivity contribution in [2.45, 2.75) is 50.2 Å². The van der Waals surface area contributed by atoms with E-state index in [1.165, 1.54) is 4.90 Å². The van der Waals surface area contributed by atoms with Crippen LogP contribution in [0.5, 0.6) is 0 Å². The predicted octanol–water partition coefficient (Wildman–Crippen LogP) is -0.0220. The van der Waals surface area contributed by atoms with Crippen molar-refractivity contribution in [3.8, 4) is 0 Å². The van der Waals surface area contributed by atoms with Crippen LogP contribution in [-0.2, 0) is 25.6 Å². The highest BCUT2D eigenvalue weighted by Gasteiger charge is 2.31. The summed E-state index contributed by atoms with van der Waals surface area (Å²) in [6.07, 6.45) is 2.72. The topological polar surface area (TPSA) is 225 Å². The average molecular weight is 620 g/mol. The number of para-hydroxylation sites is 1. The predicted molar refractivity (Wildman–Crippen MR) is 175 cm³/mol. The smallest absolute Gasteiger partial charge is 0.247 e. The van der Waals surface area contributed by atoms with Crippen LogP contribution in [-0.4, -0.2) is 84.4 Å². The SMILES string of the molecule is NCCCC(N)C(=O)NC(CC(=O)N(CCN)CCN)C(=O)NC(CCc1ccccc1)C(=O)Nc1cnc2ccccc2c1. The third-order valence-electron chi connectivity index (χ3n) is 7.27. The second-order valence-corrected chi connectivity index (χ2v) is 10.8. The summed E-state index contributed by atoms with van der Waals surface area (Å²) in [7, 11) is 0. The summed E-state index contributed by atoms with van der Waals surface area (Å²) in [6.45, 7) is 1.21. The zero-order chi connectivity index (χ0) is 32.6. The van der Waals surface area contributed by atoms with Crippen LogP contribution in [0.4, 0.5) is 5.69 Å². The monoisotopic (exact) mass is 619 g/mol. The number of amides is 4. The van der Waals surface area contributed by atoms with E-state index >= 15 is 0 Å². The van der Waals surface area contributed by atoms with E-state index in [4.69, 9.17) is 22.9 Å². The van der Waals surface area contributed by atoms with Crippen molar-refractivity contribution in [3.05, 3.63) is 72.4 Å². The standard InChI is InChI=1S/C32H45N9O4/c33-14-6-10-25(36)30(43)40-28(20-29(42)41(17-15-34)18-16-35)32(45)39-27(13-12-22-7-2-1-3-8-22)31(44)38-24-19-23-9-4-5-11-26(23)37-21-24/h1-5,7-9,11,19,21,25,27-28H,6,10,12-18,20,33-36H2,(H,38,44)(H,39,45)(H,40,43). The summed E-state index contributed by atoms with van der Waals surface area (Å²) in [6, 6.07) is 15.6. The molecule has 2 aromatic carbocycles. The van der Waals surface area contributed by atoms with Gasteiger partial charge < -0.3 is 43.8 Å². The highest BCUT2D eigenvalue weighted by Crippen LogP contribution is 2.17. The highest BCUT2D eigenvalue weighted by atomic mass is 16.2. The Balaban J connectivity index is 1.83. The van der Waals surface area contributed by atoms with Crippen molar-refractivity contribution in [1.29, 1.82) is 0 Å². The fourth-order valence-electron chi connectivity index (χ4n) is 4.80. The number of anilines is 1. The molecular formula is C32H45N9O4. The van der Waals surface area contributed by atoms with E-state index in [1.54, 1.807) is 12.3 Å². The summed E-state index contributed by atoms with van der Waals surface area (Å²) >= 11 is 0. The van der Waals surface area contributed by atoms with Gasteiger partial charge in [-0.1, -0.05) is 48.5 Å². The number of aromatic nitrogens is 1. The molecular weight excluding hydrogens is 574 g/mol. The molecule has 0 spiro atoms. The van der Waals surface area contributed by atoms with Crippen molar-refractivity contribution < 1.29 is 19.2 Å². The van der Waals surface area contributed by atoms with Gasteiger partial charge in [-0.2, -0.15) is 0 Å². The van der Waals surface area contributed by atoms with Gasteiger partial charge >= 0.3 is 0 Å². The maximum Gasteiger partial charge on any atom is 0.247 e. The lowest BCUT2D eigenvalue weighted by Gasteiger charge is -2.27. The number of aryl methyl sites for hydroxylation is 1. The molecule has 3 atom stereocenters. The van der Waals surface area contributed by atoms with E-state index in [-0.39, 0.29) is 39.0 Å². The zero-order valence-corrected chi connectivity index (χ0v) is 25.5. The third-order valence-corrected chi connectivity index (χ3v) is 7.27. The van der Waals surface area contributed by atoms with Crippen LogP contribution in [0.1, 0.15) is 31.2 Å². The number of hydrogen-bond acceptors (Lipinski definition) is 9. The molecule has 0 aliphatic heterocycles. The summed E-state index contributed by atoms with van der Waals surface area (Å²) in [5.41, 5.74) is 25.1. The van der Waals surface area contributed by atoms with Gasteiger partial charge in [0.25, 0.3) is 0 Å². The molecule has 0 fully saturated rings. The number of fused-ring (bicyclic) bond motifs is 1. The van der Waals surface area contributed by atoms with Crippen molar-refractivity contribution >= 4 is 40.2 Å². The van der Waals surface area contributed by atoms with E-state index in [2.05, 4.69) is 20.9 Å². The average Bonchev–Trinajstić information content (AvgIpc) is 3.05. The molecule has 0 aliphatic carbocycles. The first kappa shape index (κ1) is 35.1. The Labute approximate surface area is 263 Å². The molecule has 0 radical (unpaired) electrons. The van der Waals surface area contributed by atoms with Gasteiger partial charge in [-0.25, -0.2) is 0 Å². The maximum absolute atomic E-state index is 13.7. The Morgan fingerprint density at radius 3 is 2.13 bits per heavy atom. The Morgan fingerprint density at radius 1 is 0.778 bits per heavy atom. The van der Waals surface area contributed by atoms with Gasteiger partial charge in [0.2, 0.25) is 23.6 Å². The normalized spacial score (nSPS) is 13.0. The van der Waals surface area contributed by atoms with Gasteiger partial charge in [0.1, 0.15) is 12.1 Å². The fourth-order valence-corrected chi connectivity index (χ4v) is 4.80. The van der Waals surface area contributed by atoms with Gasteiger partial charge in [-0.05, 0) is 49.9 Å². The Morgan fingerprint density at radius 2 is 1.44 bits per heavy atom. The number of carbonyl (C=O) groups is 4. The molecule has 11 N–H and O–H groups in total. The van der Waals surface area contributed by atoms with Crippen LogP contribution < -0.4 is 38.9 Å². The summed E-state index contributed by atoms with van der Waals surface area (Å²) in [5, 5.41) is 9.08. The first-order valence-electron chi connectivity index (χ1n) is 15.2. The fraction of sp³-hybridized carbons (Fsp3) is 0.406. The molecule has 45 heavy (non-hydrogen) atoms. The van der Waals surface area contributed by atoms with Gasteiger partial charge in [-0.3, -0.25) is 24.2 Å². The van der Waals surface area contributed by atoms with Gasteiger partial charge in [-0.15, -0.1) is 0 Å². The van der Waals surface area contributed by atoms with Gasteiger partial charge in [0, 0.05) is 31.6 Å². The summed E-state index contributed by atoms with van der Waals surface area (Å²) < 4.78 is 0. The van der Waals surface area contributed by atoms with Crippen molar-refractivity contribution in [1.82, 2.24) is 20.5 Å². The molecule has 0 saturated carbocycles. The molecule has 0 saturated heterocycles. The quantitative estimate of drug-likeness (QED) is 0.101. The van der Waals surface area contributed by atoms with E-state index in [0.29, 0.717) is 31.5 Å². The van der Waals surface area contributed by atoms with E-state index < -0.39 is 41.8 Å². The van der Waals surface area contributed by atoms with Crippen LogP contribution in [0.15, 0.2) is 66.9 Å². The summed E-state index contributed by atoms with van der Waals surface area (Å²) in [4.78, 5) is 59.3. The number of pyridine rings is 1. The van der Waals surface area contributed by atoms with Crippen LogP contribution in [0, 0.1) is 0 Å². The second-order valence-electron chi connectivity index (χ2n) is 10.8. The molecule has 3 aromatic rings. The number of carbonyl (C=O) groups excluding carboxylic acids is 4. The molecule has 3 unspecified atom stereocenters. The largest absolute Gasteiger partial charge is 0.342 e. The molecule has 4 amide bonds. The molecule has 13 nitrogen and oxygen atoms in total. The molecule has 0 aliphatic rings. The number of hydrogen-bond donors (Lipinski definition) is 7. The molecule has 3 rings (SSSR count). The van der Waals surface area contributed by atoms with Crippen LogP contribution in [0.2, 0.25) is 0 Å². The Hall–Kier alpha value is -4.43. The minimum atomic E-state index is -1.30. The number of nitrogens with zero attached hydrogens (tertiary/aromatic N) is 2. The highest BCUT2D eigenvalue weighted by molar-refractivity contribution is 6.00. The lowest BCUT2D eigenvalue weighted by molar-refractivity contribution is -0.137. The van der Waals surface area contributed by atoms with Gasteiger partial charge in [0.15, 0.2) is 0 Å². The molecule has 242 valence electrons. The minimum Gasteiger partial charge on any atom is -0.342 e. The Kier molecular flexibility index (Phi) is 14.3. The lowest BCUT2D eigenvalue weighted by Crippen LogP contribution is -2.56. The van der Waals surface area contributed by atoms with Gasteiger partial charge in [0.05, 0.1) is 29.9 Å².